The minimum atomic E-state index is -1.17. The molecule has 0 aliphatic rings. The summed E-state index contributed by atoms with van der Waals surface area (Å²) in [5.74, 6) is -1.51. The lowest BCUT2D eigenvalue weighted by Gasteiger charge is -2.17. The molecule has 0 saturated carbocycles. The van der Waals surface area contributed by atoms with Crippen molar-refractivity contribution in [1.29, 1.82) is 0 Å². The van der Waals surface area contributed by atoms with Gasteiger partial charge in [-0.25, -0.2) is 0 Å². The fraction of sp³-hybridized carbons (Fsp3) is 0.857. The maximum atomic E-state index is 10.5. The Kier molecular flexibility index (Phi) is 4.07. The predicted molar refractivity (Wildman–Crippen MR) is 38.9 cm³/mol. The smallest absolute Gasteiger partial charge is 0.307 e. The number of aliphatic hydroxyl groups is 1. The number of methoxy groups -OCH3 is 1. The van der Waals surface area contributed by atoms with Gasteiger partial charge in [-0.05, 0) is 13.8 Å². The van der Waals surface area contributed by atoms with Gasteiger partial charge >= 0.3 is 5.97 Å². The molecular formula is C7H14O4. The molecule has 0 aromatic heterocycles. The summed E-state index contributed by atoms with van der Waals surface area (Å²) >= 11 is 0. The summed E-state index contributed by atoms with van der Waals surface area (Å²) in [5, 5.41) is 9.03. The molecule has 0 spiro atoms. The number of esters is 1. The summed E-state index contributed by atoms with van der Waals surface area (Å²) in [6.07, 6.45) is 0.167. The highest BCUT2D eigenvalue weighted by Gasteiger charge is 2.12. The topological polar surface area (TPSA) is 55.8 Å². The molecule has 0 atom stereocenters. The number of hydrogen-bond donors (Lipinski definition) is 1. The van der Waals surface area contributed by atoms with Crippen molar-refractivity contribution in [3.63, 3.8) is 0 Å². The van der Waals surface area contributed by atoms with Gasteiger partial charge in [0.25, 0.3) is 0 Å². The van der Waals surface area contributed by atoms with E-state index in [0.29, 0.717) is 0 Å². The van der Waals surface area contributed by atoms with Gasteiger partial charge in [0, 0.05) is 0 Å². The van der Waals surface area contributed by atoms with E-state index < -0.39 is 5.79 Å². The number of carbonyl (C=O) groups is 1. The first kappa shape index (κ1) is 10.4. The maximum absolute atomic E-state index is 10.5. The Balaban J connectivity index is 3.35. The van der Waals surface area contributed by atoms with Crippen LogP contribution < -0.4 is 0 Å². The van der Waals surface area contributed by atoms with Crippen LogP contribution in [-0.2, 0) is 14.3 Å². The predicted octanol–water partition coefficient (Wildman–Crippen LogP) is 0.295. The molecule has 11 heavy (non-hydrogen) atoms. The first-order valence-corrected chi connectivity index (χ1v) is 3.39. The monoisotopic (exact) mass is 162 g/mol. The molecule has 0 aromatic carbocycles. The lowest BCUT2D eigenvalue weighted by molar-refractivity contribution is -0.179. The van der Waals surface area contributed by atoms with E-state index in [9.17, 15) is 4.79 Å². The molecule has 0 bridgehead atoms. The van der Waals surface area contributed by atoms with Gasteiger partial charge in [-0.1, -0.05) is 0 Å². The second kappa shape index (κ2) is 4.31. The van der Waals surface area contributed by atoms with Crippen LogP contribution in [0.2, 0.25) is 0 Å². The minimum absolute atomic E-state index is 0.167. The first-order chi connectivity index (χ1) is 4.95. The third-order valence-corrected chi connectivity index (χ3v) is 0.989. The van der Waals surface area contributed by atoms with Crippen molar-refractivity contribution < 1.29 is 19.4 Å². The van der Waals surface area contributed by atoms with Crippen molar-refractivity contribution >= 4 is 5.97 Å². The van der Waals surface area contributed by atoms with Crippen LogP contribution in [0.25, 0.3) is 0 Å². The fourth-order valence-electron chi connectivity index (χ4n) is 0.486. The van der Waals surface area contributed by atoms with E-state index in [1.54, 1.807) is 0 Å². The molecule has 4 heteroatoms. The number of carbonyl (C=O) groups excluding carboxylic acids is 1. The van der Waals surface area contributed by atoms with Crippen molar-refractivity contribution in [2.45, 2.75) is 26.1 Å². The van der Waals surface area contributed by atoms with Crippen LogP contribution in [0.3, 0.4) is 0 Å². The average Bonchev–Trinajstić information content (AvgIpc) is 1.85. The number of rotatable bonds is 4. The van der Waals surface area contributed by atoms with E-state index in [0.717, 1.165) is 0 Å². The van der Waals surface area contributed by atoms with Gasteiger partial charge in [0.05, 0.1) is 20.1 Å². The third-order valence-electron chi connectivity index (χ3n) is 0.989. The van der Waals surface area contributed by atoms with Crippen LogP contribution >= 0.6 is 0 Å². The van der Waals surface area contributed by atoms with Crippen LogP contribution in [0, 0.1) is 0 Å². The summed E-state index contributed by atoms with van der Waals surface area (Å²) < 4.78 is 9.22. The van der Waals surface area contributed by atoms with E-state index in [1.807, 2.05) is 0 Å². The van der Waals surface area contributed by atoms with E-state index in [1.165, 1.54) is 21.0 Å². The van der Waals surface area contributed by atoms with Gasteiger partial charge in [0.15, 0.2) is 5.79 Å². The minimum Gasteiger partial charge on any atom is -0.469 e. The zero-order valence-corrected chi connectivity index (χ0v) is 7.09. The number of ether oxygens (including phenoxy) is 2. The molecule has 0 heterocycles. The van der Waals surface area contributed by atoms with Crippen molar-refractivity contribution in [2.75, 3.05) is 13.7 Å². The Morgan fingerprint density at radius 3 is 2.45 bits per heavy atom. The van der Waals surface area contributed by atoms with Crippen LogP contribution in [-0.4, -0.2) is 30.6 Å². The second-order valence-corrected chi connectivity index (χ2v) is 2.62. The zero-order chi connectivity index (χ0) is 8.91. The molecule has 0 fully saturated rings. The number of hydrogen-bond acceptors (Lipinski definition) is 4. The largest absolute Gasteiger partial charge is 0.469 e. The van der Waals surface area contributed by atoms with Gasteiger partial charge in [0.2, 0.25) is 0 Å². The third kappa shape index (κ3) is 7.29. The molecular weight excluding hydrogens is 148 g/mol. The van der Waals surface area contributed by atoms with Gasteiger partial charge in [0.1, 0.15) is 0 Å². The molecule has 0 aliphatic heterocycles. The quantitative estimate of drug-likeness (QED) is 0.477. The summed E-state index contributed by atoms with van der Waals surface area (Å²) in [4.78, 5) is 10.5. The molecule has 0 saturated heterocycles. The summed E-state index contributed by atoms with van der Waals surface area (Å²) in [6, 6.07) is 0. The highest BCUT2D eigenvalue weighted by molar-refractivity contribution is 5.69. The summed E-state index contributed by atoms with van der Waals surface area (Å²) in [6.45, 7) is 3.19. The Morgan fingerprint density at radius 2 is 2.09 bits per heavy atom. The molecule has 4 nitrogen and oxygen atoms in total. The van der Waals surface area contributed by atoms with E-state index in [4.69, 9.17) is 9.84 Å². The highest BCUT2D eigenvalue weighted by Crippen LogP contribution is 2.03. The lowest BCUT2D eigenvalue weighted by atomic mass is 10.4. The first-order valence-electron chi connectivity index (χ1n) is 3.39. The molecule has 0 radical (unpaired) electrons. The highest BCUT2D eigenvalue weighted by atomic mass is 16.6. The molecule has 0 aliphatic carbocycles. The molecule has 0 aromatic rings. The average molecular weight is 162 g/mol. The van der Waals surface area contributed by atoms with Gasteiger partial charge in [-0.3, -0.25) is 4.79 Å². The van der Waals surface area contributed by atoms with Crippen LogP contribution in [0.4, 0.5) is 0 Å². The van der Waals surface area contributed by atoms with E-state index in [-0.39, 0.29) is 19.0 Å². The van der Waals surface area contributed by atoms with E-state index >= 15 is 0 Å². The maximum Gasteiger partial charge on any atom is 0.307 e. The lowest BCUT2D eigenvalue weighted by Crippen LogP contribution is -2.24. The standard InChI is InChI=1S/C7H14O4/c1-7(2,9)11-5-4-6(8)10-3/h9H,4-5H2,1-3H3. The summed E-state index contributed by atoms with van der Waals surface area (Å²) in [7, 11) is 1.31. The van der Waals surface area contributed by atoms with Crippen LogP contribution in [0.5, 0.6) is 0 Å². The van der Waals surface area contributed by atoms with Crippen molar-refractivity contribution in [3.8, 4) is 0 Å². The molecule has 1 N–H and O–H groups in total. The molecule has 66 valence electrons. The molecule has 0 unspecified atom stereocenters. The van der Waals surface area contributed by atoms with Crippen molar-refractivity contribution in [2.24, 2.45) is 0 Å². The Bertz CT molecular complexity index is 125. The van der Waals surface area contributed by atoms with Crippen LogP contribution in [0.15, 0.2) is 0 Å². The Hall–Kier alpha value is -0.610. The normalized spacial score (nSPS) is 11.3. The van der Waals surface area contributed by atoms with Gasteiger partial charge < -0.3 is 14.6 Å². The van der Waals surface area contributed by atoms with Gasteiger partial charge in [-0.15, -0.1) is 0 Å². The SMILES string of the molecule is COC(=O)CCOC(C)(C)O. The Labute approximate surface area is 66.1 Å². The molecule has 0 amide bonds. The Morgan fingerprint density at radius 1 is 1.55 bits per heavy atom. The second-order valence-electron chi connectivity index (χ2n) is 2.62. The van der Waals surface area contributed by atoms with Crippen molar-refractivity contribution in [3.05, 3.63) is 0 Å². The van der Waals surface area contributed by atoms with E-state index in [2.05, 4.69) is 4.74 Å². The summed E-state index contributed by atoms with van der Waals surface area (Å²) in [5.41, 5.74) is 0. The zero-order valence-electron chi connectivity index (χ0n) is 7.09. The van der Waals surface area contributed by atoms with Crippen molar-refractivity contribution in [1.82, 2.24) is 0 Å². The van der Waals surface area contributed by atoms with Crippen LogP contribution in [0.1, 0.15) is 20.3 Å². The molecule has 0 rings (SSSR count). The van der Waals surface area contributed by atoms with Gasteiger partial charge in [-0.2, -0.15) is 0 Å². The fourth-order valence-corrected chi connectivity index (χ4v) is 0.486.